The summed E-state index contributed by atoms with van der Waals surface area (Å²) in [5.74, 6) is -0.225. The zero-order chi connectivity index (χ0) is 20.7. The van der Waals surface area contributed by atoms with Gasteiger partial charge in [-0.15, -0.1) is 0 Å². The molecule has 2 aromatic heterocycles. The van der Waals surface area contributed by atoms with Gasteiger partial charge in [-0.2, -0.15) is 10.1 Å². The van der Waals surface area contributed by atoms with Crippen LogP contribution in [0.3, 0.4) is 0 Å². The lowest BCUT2D eigenvalue weighted by molar-refractivity contribution is -0.117. The molecule has 0 spiro atoms. The van der Waals surface area contributed by atoms with E-state index < -0.39 is 5.82 Å². The van der Waals surface area contributed by atoms with Crippen molar-refractivity contribution in [2.45, 2.75) is 12.3 Å². The minimum Gasteiger partial charge on any atom is -0.332 e. The second kappa shape index (κ2) is 7.38. The molecule has 1 amide bonds. The number of H-pyrrole nitrogens is 1. The maximum Gasteiger partial charge on any atom is 0.275 e. The zero-order valence-corrected chi connectivity index (χ0v) is 16.3. The van der Waals surface area contributed by atoms with Gasteiger partial charge in [-0.25, -0.2) is 4.39 Å². The topological polar surface area (TPSA) is 87.9 Å². The largest absolute Gasteiger partial charge is 0.332 e. The molecule has 7 nitrogen and oxygen atoms in total. The molecule has 2 aromatic carbocycles. The Morgan fingerprint density at radius 2 is 2.00 bits per heavy atom. The summed E-state index contributed by atoms with van der Waals surface area (Å²) in [5, 5.41) is 11.5. The van der Waals surface area contributed by atoms with E-state index >= 15 is 0 Å². The fourth-order valence-electron chi connectivity index (χ4n) is 3.50. The van der Waals surface area contributed by atoms with E-state index in [9.17, 15) is 9.18 Å². The van der Waals surface area contributed by atoms with E-state index in [2.05, 4.69) is 20.3 Å². The third-order valence-corrected chi connectivity index (χ3v) is 5.33. The summed E-state index contributed by atoms with van der Waals surface area (Å²) >= 11 is 6.15. The Morgan fingerprint density at radius 3 is 2.83 bits per heavy atom. The highest BCUT2D eigenvalue weighted by Crippen LogP contribution is 2.35. The third kappa shape index (κ3) is 3.35. The number of nitrogens with one attached hydrogen (secondary N) is 1. The number of carbonyl (C=O) groups is 1. The molecular weight excluding hydrogens is 409 g/mol. The Bertz CT molecular complexity index is 1220. The van der Waals surface area contributed by atoms with Gasteiger partial charge in [-0.3, -0.25) is 9.89 Å². The monoisotopic (exact) mass is 423 g/mol. The van der Waals surface area contributed by atoms with Gasteiger partial charge in [0, 0.05) is 24.4 Å². The number of halogens is 2. The van der Waals surface area contributed by atoms with E-state index in [1.165, 1.54) is 23.1 Å². The maximum absolute atomic E-state index is 13.6. The molecule has 150 valence electrons. The summed E-state index contributed by atoms with van der Waals surface area (Å²) in [6.07, 6.45) is 0.185. The standard InChI is InChI=1S/C21H15ClFN5O2/c22-15-7-6-14(23)9-18(15)28-11-13(8-19(28)29)20-24-21(30-27-20)17-10-16(25-26-17)12-4-2-1-3-5-12/h1-7,9-10,13H,8,11H2,(H,25,26). The number of anilines is 1. The molecule has 0 radical (unpaired) electrons. The molecule has 1 aliphatic rings. The van der Waals surface area contributed by atoms with Crippen LogP contribution >= 0.6 is 11.6 Å². The minimum absolute atomic E-state index is 0.174. The molecule has 3 heterocycles. The highest BCUT2D eigenvalue weighted by molar-refractivity contribution is 6.33. The van der Waals surface area contributed by atoms with Crippen molar-refractivity contribution in [3.63, 3.8) is 0 Å². The van der Waals surface area contributed by atoms with Gasteiger partial charge in [0.15, 0.2) is 5.82 Å². The average molecular weight is 424 g/mol. The summed E-state index contributed by atoms with van der Waals surface area (Å²) in [6, 6.07) is 15.5. The van der Waals surface area contributed by atoms with Crippen LogP contribution in [0.15, 0.2) is 59.1 Å². The lowest BCUT2D eigenvalue weighted by Crippen LogP contribution is -2.24. The van der Waals surface area contributed by atoms with Crippen molar-refractivity contribution in [3.8, 4) is 22.8 Å². The summed E-state index contributed by atoms with van der Waals surface area (Å²) in [5.41, 5.74) is 2.65. The fraction of sp³-hybridized carbons (Fsp3) is 0.143. The normalized spacial score (nSPS) is 16.4. The number of aromatic nitrogens is 4. The van der Waals surface area contributed by atoms with E-state index in [0.29, 0.717) is 28.8 Å². The molecule has 4 aromatic rings. The van der Waals surface area contributed by atoms with Gasteiger partial charge in [0.05, 0.1) is 16.4 Å². The number of hydrogen-bond donors (Lipinski definition) is 1. The second-order valence-corrected chi connectivity index (χ2v) is 7.40. The van der Waals surface area contributed by atoms with Crippen LogP contribution in [0, 0.1) is 5.82 Å². The molecule has 1 aliphatic heterocycles. The average Bonchev–Trinajstić information content (AvgIpc) is 3.49. The van der Waals surface area contributed by atoms with Gasteiger partial charge >= 0.3 is 0 Å². The van der Waals surface area contributed by atoms with Gasteiger partial charge in [0.25, 0.3) is 5.89 Å². The van der Waals surface area contributed by atoms with Crippen LogP contribution in [0.25, 0.3) is 22.8 Å². The first-order valence-corrected chi connectivity index (χ1v) is 9.66. The Labute approximate surface area is 175 Å². The van der Waals surface area contributed by atoms with Gasteiger partial charge in [0.1, 0.15) is 11.5 Å². The van der Waals surface area contributed by atoms with Gasteiger partial charge in [-0.05, 0) is 24.3 Å². The second-order valence-electron chi connectivity index (χ2n) is 6.99. The van der Waals surface area contributed by atoms with Crippen LogP contribution in [0.4, 0.5) is 10.1 Å². The predicted molar refractivity (Wildman–Crippen MR) is 108 cm³/mol. The van der Waals surface area contributed by atoms with Crippen LogP contribution in [0.2, 0.25) is 5.02 Å². The smallest absolute Gasteiger partial charge is 0.275 e. The number of hydrogen-bond acceptors (Lipinski definition) is 5. The summed E-state index contributed by atoms with van der Waals surface area (Å²) in [6.45, 7) is 0.291. The van der Waals surface area contributed by atoms with Gasteiger partial charge in [-0.1, -0.05) is 47.1 Å². The Kier molecular flexibility index (Phi) is 4.55. The number of carbonyl (C=O) groups excluding carboxylic acids is 1. The third-order valence-electron chi connectivity index (χ3n) is 5.01. The highest BCUT2D eigenvalue weighted by atomic mass is 35.5. The molecule has 30 heavy (non-hydrogen) atoms. The van der Waals surface area contributed by atoms with Crippen LogP contribution in [0.5, 0.6) is 0 Å². The maximum atomic E-state index is 13.6. The Hall–Kier alpha value is -3.52. The van der Waals surface area contributed by atoms with E-state index in [1.807, 2.05) is 36.4 Å². The first kappa shape index (κ1) is 18.5. The predicted octanol–water partition coefficient (Wildman–Crippen LogP) is 4.44. The van der Waals surface area contributed by atoms with Gasteiger partial charge in [0.2, 0.25) is 5.91 Å². The quantitative estimate of drug-likeness (QED) is 0.524. The minimum atomic E-state index is -0.457. The highest BCUT2D eigenvalue weighted by Gasteiger charge is 2.35. The van der Waals surface area contributed by atoms with Crippen molar-refractivity contribution >= 4 is 23.2 Å². The number of aromatic amines is 1. The summed E-state index contributed by atoms with van der Waals surface area (Å²) in [7, 11) is 0. The molecular formula is C21H15ClFN5O2. The summed E-state index contributed by atoms with van der Waals surface area (Å²) < 4.78 is 19.0. The molecule has 0 saturated carbocycles. The summed E-state index contributed by atoms with van der Waals surface area (Å²) in [4.78, 5) is 18.4. The zero-order valence-electron chi connectivity index (χ0n) is 15.5. The lowest BCUT2D eigenvalue weighted by atomic mass is 10.1. The number of amides is 1. The number of benzene rings is 2. The fourth-order valence-corrected chi connectivity index (χ4v) is 3.72. The SMILES string of the molecule is O=C1CC(c2noc(-c3cc(-c4ccccc4)n[nH]3)n2)CN1c1cc(F)ccc1Cl. The van der Waals surface area contributed by atoms with Crippen molar-refractivity contribution in [1.82, 2.24) is 20.3 Å². The molecule has 1 fully saturated rings. The Balaban J connectivity index is 1.37. The molecule has 1 atom stereocenters. The molecule has 5 rings (SSSR count). The number of nitrogens with zero attached hydrogens (tertiary/aromatic N) is 4. The number of rotatable bonds is 4. The molecule has 9 heteroatoms. The van der Waals surface area contributed by atoms with Crippen molar-refractivity contribution in [2.24, 2.45) is 0 Å². The lowest BCUT2D eigenvalue weighted by Gasteiger charge is -2.17. The first-order chi connectivity index (χ1) is 14.6. The van der Waals surface area contributed by atoms with Crippen LogP contribution in [0.1, 0.15) is 18.2 Å². The van der Waals surface area contributed by atoms with Crippen molar-refractivity contribution < 1.29 is 13.7 Å². The van der Waals surface area contributed by atoms with Crippen LogP contribution in [-0.2, 0) is 4.79 Å². The molecule has 1 unspecified atom stereocenters. The van der Waals surface area contributed by atoms with Crippen molar-refractivity contribution in [2.75, 3.05) is 11.4 Å². The Morgan fingerprint density at radius 1 is 1.17 bits per heavy atom. The van der Waals surface area contributed by atoms with Gasteiger partial charge < -0.3 is 9.42 Å². The first-order valence-electron chi connectivity index (χ1n) is 9.29. The molecule has 0 bridgehead atoms. The van der Waals surface area contributed by atoms with E-state index in [1.54, 1.807) is 0 Å². The van der Waals surface area contributed by atoms with E-state index in [-0.39, 0.29) is 24.1 Å². The van der Waals surface area contributed by atoms with Crippen LogP contribution in [-0.4, -0.2) is 32.8 Å². The molecule has 0 aliphatic carbocycles. The van der Waals surface area contributed by atoms with E-state index in [4.69, 9.17) is 16.1 Å². The molecule has 1 saturated heterocycles. The van der Waals surface area contributed by atoms with E-state index in [0.717, 1.165) is 11.3 Å². The van der Waals surface area contributed by atoms with Crippen molar-refractivity contribution in [1.29, 1.82) is 0 Å². The van der Waals surface area contributed by atoms with Crippen LogP contribution < -0.4 is 4.90 Å². The molecule has 1 N–H and O–H groups in total. The van der Waals surface area contributed by atoms with Crippen molar-refractivity contribution in [3.05, 3.63) is 71.3 Å².